The van der Waals surface area contributed by atoms with E-state index in [0.717, 1.165) is 11.5 Å². The number of ether oxygens (including phenoxy) is 2. The second kappa shape index (κ2) is 15.6. The summed E-state index contributed by atoms with van der Waals surface area (Å²) in [6, 6.07) is -1.05. The number of tetrazole rings is 1. The first kappa shape index (κ1) is 35.0. The molecule has 6 N–H and O–H groups in total. The summed E-state index contributed by atoms with van der Waals surface area (Å²) < 4.78 is 15.8. The van der Waals surface area contributed by atoms with Crippen LogP contribution in [0.4, 0.5) is 5.13 Å². The average Bonchev–Trinajstić information content (AvgIpc) is 3.66. The third-order valence-electron chi connectivity index (χ3n) is 6.17. The van der Waals surface area contributed by atoms with E-state index in [1.165, 1.54) is 33.1 Å². The van der Waals surface area contributed by atoms with Crippen LogP contribution in [0.2, 0.25) is 0 Å². The summed E-state index contributed by atoms with van der Waals surface area (Å²) in [6.07, 6.45) is 0.484. The Morgan fingerprint density at radius 2 is 2.04 bits per heavy atom. The van der Waals surface area contributed by atoms with Gasteiger partial charge in [0, 0.05) is 23.0 Å². The van der Waals surface area contributed by atoms with Crippen LogP contribution >= 0.6 is 35.1 Å². The monoisotopic (exact) mass is 699 g/mol. The summed E-state index contributed by atoms with van der Waals surface area (Å²) in [5.74, 6) is -2.48. The number of esters is 2. The van der Waals surface area contributed by atoms with Gasteiger partial charge in [-0.2, -0.15) is 9.36 Å². The average molecular weight is 700 g/mol. The number of carbonyl (C=O) groups is 4. The zero-order valence-corrected chi connectivity index (χ0v) is 27.5. The predicted octanol–water partition coefficient (Wildman–Crippen LogP) is -1.30. The number of hydrogen-bond acceptors (Lipinski definition) is 19. The van der Waals surface area contributed by atoms with Crippen LogP contribution in [0.25, 0.3) is 0 Å². The fourth-order valence-corrected chi connectivity index (χ4v) is 6.70. The Bertz CT molecular complexity index is 1510. The van der Waals surface area contributed by atoms with E-state index in [9.17, 15) is 24.3 Å². The highest BCUT2D eigenvalue weighted by Crippen LogP contribution is 2.42. The molecule has 2 atom stereocenters. The molecule has 2 amide bonds. The lowest BCUT2D eigenvalue weighted by Crippen LogP contribution is -2.71. The number of thioether (sulfide) groups is 2. The maximum absolute atomic E-state index is 13.5. The molecule has 1 saturated heterocycles. The van der Waals surface area contributed by atoms with Gasteiger partial charge in [-0.15, -0.1) is 16.9 Å². The van der Waals surface area contributed by atoms with Gasteiger partial charge in [0.2, 0.25) is 23.5 Å². The lowest BCUT2D eigenvalue weighted by Gasteiger charge is -2.49. The molecule has 0 spiro atoms. The molecule has 22 heteroatoms. The number of fused-ring (bicyclic) bond motifs is 1. The van der Waals surface area contributed by atoms with Crippen molar-refractivity contribution in [3.8, 4) is 0 Å². The second-order valence-electron chi connectivity index (χ2n) is 10.6. The minimum Gasteiger partial charge on any atom is -0.427 e. The summed E-state index contributed by atoms with van der Waals surface area (Å²) in [5.41, 5.74) is 10.5. The zero-order chi connectivity index (χ0) is 33.4. The molecule has 0 saturated carbocycles. The number of oxime groups is 1. The third kappa shape index (κ3) is 8.29. The molecule has 0 aliphatic carbocycles. The number of aliphatic hydroxyl groups is 1. The first-order valence-electron chi connectivity index (χ1n) is 13.8. The number of rotatable bonds is 15. The van der Waals surface area contributed by atoms with Gasteiger partial charge < -0.3 is 36.2 Å². The number of aromatic nitrogens is 6. The summed E-state index contributed by atoms with van der Waals surface area (Å²) >= 11 is 3.36. The molecule has 0 aromatic carbocycles. The number of hydrogen-bond donors (Lipinski definition) is 4. The van der Waals surface area contributed by atoms with Gasteiger partial charge >= 0.3 is 11.9 Å². The van der Waals surface area contributed by atoms with Crippen molar-refractivity contribution < 1.29 is 38.6 Å². The number of β-lactam (4-membered cyclic amide) rings is 1. The number of anilines is 1. The van der Waals surface area contributed by atoms with E-state index in [1.807, 2.05) is 0 Å². The normalized spacial score (nSPS) is 18.2. The van der Waals surface area contributed by atoms with Gasteiger partial charge in [0.05, 0.1) is 18.6 Å². The van der Waals surface area contributed by atoms with Crippen molar-refractivity contribution in [2.24, 2.45) is 16.3 Å². The highest BCUT2D eigenvalue weighted by Gasteiger charge is 2.55. The van der Waals surface area contributed by atoms with E-state index in [4.69, 9.17) is 25.8 Å². The molecular weight excluding hydrogens is 667 g/mol. The Balaban J connectivity index is 1.53. The van der Waals surface area contributed by atoms with E-state index in [2.05, 4.69) is 35.4 Å². The highest BCUT2D eigenvalue weighted by atomic mass is 32.2. The summed E-state index contributed by atoms with van der Waals surface area (Å²) in [7, 11) is 0. The van der Waals surface area contributed by atoms with Crippen LogP contribution in [0.1, 0.15) is 33.0 Å². The van der Waals surface area contributed by atoms with Crippen LogP contribution in [0.5, 0.6) is 0 Å². The first-order chi connectivity index (χ1) is 22.0. The number of nitrogens with two attached hydrogens (primary N) is 2. The van der Waals surface area contributed by atoms with E-state index in [-0.39, 0.29) is 53.6 Å². The zero-order valence-electron chi connectivity index (χ0n) is 25.1. The van der Waals surface area contributed by atoms with E-state index in [1.54, 1.807) is 20.8 Å². The minimum atomic E-state index is -1.05. The topological polar surface area (TPSA) is 265 Å². The highest BCUT2D eigenvalue weighted by molar-refractivity contribution is 8.01. The van der Waals surface area contributed by atoms with Crippen LogP contribution < -0.4 is 16.8 Å². The molecule has 250 valence electrons. The van der Waals surface area contributed by atoms with Gasteiger partial charge in [-0.05, 0) is 49.7 Å². The van der Waals surface area contributed by atoms with Crippen molar-refractivity contribution in [2.75, 3.05) is 43.8 Å². The second-order valence-corrected chi connectivity index (χ2v) is 13.4. The Kier molecular flexibility index (Phi) is 11.9. The summed E-state index contributed by atoms with van der Waals surface area (Å²) in [5, 5.41) is 26.9. The fraction of sp³-hybridized carbons (Fsp3) is 0.583. The molecule has 2 aromatic heterocycles. The molecule has 2 aliphatic heterocycles. The van der Waals surface area contributed by atoms with Crippen LogP contribution in [-0.4, -0.2) is 119 Å². The summed E-state index contributed by atoms with van der Waals surface area (Å²) in [6.45, 7) is 4.75. The Hall–Kier alpha value is -3.86. The molecule has 19 nitrogen and oxygen atoms in total. The number of nitrogen functional groups attached to an aromatic ring is 1. The largest absolute Gasteiger partial charge is 0.427 e. The molecule has 1 fully saturated rings. The standard InChI is InChI=1S/C24H33N11O8S3/c1-24(2,3)21(40)42-11-41-20(39)15-12(10-45-23-29-32-33-34(23)6-7-36)9-44-19-14(18(38)35(15)19)27-17(37)13(30-43-8-4-5-25)16-28-22(26)46-31-16/h14,19,36H,4-11,25H2,1-3H3,(H,27,37)(H2,26,28,31)/t14?,19-/m0/s1. The molecule has 4 rings (SSSR count). The number of nitrogens with zero attached hydrogens (tertiary/aromatic N) is 8. The van der Waals surface area contributed by atoms with Gasteiger partial charge in [0.25, 0.3) is 11.8 Å². The van der Waals surface area contributed by atoms with Crippen molar-refractivity contribution in [1.29, 1.82) is 0 Å². The van der Waals surface area contributed by atoms with Gasteiger partial charge in [-0.25, -0.2) is 9.48 Å². The van der Waals surface area contributed by atoms with E-state index >= 15 is 0 Å². The van der Waals surface area contributed by atoms with Crippen molar-refractivity contribution in [3.63, 3.8) is 0 Å². The smallest absolute Gasteiger partial charge is 0.357 e. The quantitative estimate of drug-likeness (QED) is 0.0320. The van der Waals surface area contributed by atoms with Crippen molar-refractivity contribution in [1.82, 2.24) is 39.8 Å². The summed E-state index contributed by atoms with van der Waals surface area (Å²) in [4.78, 5) is 62.8. The van der Waals surface area contributed by atoms with Crippen LogP contribution in [0.15, 0.2) is 21.6 Å². The Labute approximate surface area is 275 Å². The molecule has 0 bridgehead atoms. The van der Waals surface area contributed by atoms with Gasteiger partial charge in [-0.3, -0.25) is 19.3 Å². The van der Waals surface area contributed by atoms with Gasteiger partial charge in [0.1, 0.15) is 23.7 Å². The molecule has 46 heavy (non-hydrogen) atoms. The Morgan fingerprint density at radius 1 is 1.26 bits per heavy atom. The van der Waals surface area contributed by atoms with Crippen LogP contribution in [0, 0.1) is 5.41 Å². The Morgan fingerprint density at radius 3 is 2.72 bits per heavy atom. The molecule has 2 aromatic rings. The van der Waals surface area contributed by atoms with Crippen molar-refractivity contribution >= 4 is 69.7 Å². The number of nitrogens with one attached hydrogen (secondary N) is 1. The SMILES string of the molecule is CC(C)(C)C(=O)OCOC(=O)C1=C(CSc2nnnn2CCO)CS[C@H]2C(NC(=O)C(=NOCCCN)c3nsc(N)n3)C(=O)N12. The maximum atomic E-state index is 13.5. The van der Waals surface area contributed by atoms with E-state index < -0.39 is 47.4 Å². The number of amides is 2. The van der Waals surface area contributed by atoms with Gasteiger partial charge in [-0.1, -0.05) is 16.9 Å². The van der Waals surface area contributed by atoms with Crippen molar-refractivity contribution in [3.05, 3.63) is 17.1 Å². The molecule has 0 radical (unpaired) electrons. The van der Waals surface area contributed by atoms with Crippen molar-refractivity contribution in [2.45, 2.75) is 50.3 Å². The van der Waals surface area contributed by atoms with Crippen LogP contribution in [0.3, 0.4) is 0 Å². The lowest BCUT2D eigenvalue weighted by atomic mass is 9.98. The van der Waals surface area contributed by atoms with Crippen LogP contribution in [-0.2, 0) is 40.0 Å². The minimum absolute atomic E-state index is 0.0484. The molecule has 1 unspecified atom stereocenters. The number of aliphatic hydroxyl groups excluding tert-OH is 1. The molecule has 2 aliphatic rings. The first-order valence-corrected chi connectivity index (χ1v) is 16.6. The molecule has 4 heterocycles. The fourth-order valence-electron chi connectivity index (χ4n) is 3.87. The molecular formula is C24H33N11O8S3. The predicted molar refractivity (Wildman–Crippen MR) is 165 cm³/mol. The number of carbonyl (C=O) groups excluding carboxylic acids is 4. The van der Waals surface area contributed by atoms with Gasteiger partial charge in [0.15, 0.2) is 5.13 Å². The lowest BCUT2D eigenvalue weighted by molar-refractivity contribution is -0.173. The third-order valence-corrected chi connectivity index (χ3v) is 9.10. The van der Waals surface area contributed by atoms with E-state index in [0.29, 0.717) is 23.7 Å². The maximum Gasteiger partial charge on any atom is 0.357 e.